The van der Waals surface area contributed by atoms with E-state index in [4.69, 9.17) is 12.2 Å². The van der Waals surface area contributed by atoms with Crippen molar-refractivity contribution in [1.82, 2.24) is 20.3 Å². The lowest BCUT2D eigenvalue weighted by Gasteiger charge is -2.20. The summed E-state index contributed by atoms with van der Waals surface area (Å²) < 4.78 is 0. The smallest absolute Gasteiger partial charge is 0.250 e. The van der Waals surface area contributed by atoms with Crippen molar-refractivity contribution in [2.75, 3.05) is 23.3 Å². The van der Waals surface area contributed by atoms with Crippen molar-refractivity contribution in [1.29, 1.82) is 0 Å². The molecule has 178 valence electrons. The molecule has 0 spiro atoms. The predicted molar refractivity (Wildman–Crippen MR) is 147 cm³/mol. The zero-order valence-electron chi connectivity index (χ0n) is 20.0. The number of nitrogens with one attached hydrogen (secondary N) is 2. The fraction of sp³-hybridized carbons (Fsp3) is 0.185. The minimum atomic E-state index is -0.302. The van der Waals surface area contributed by atoms with Crippen LogP contribution in [0.4, 0.5) is 11.4 Å². The topological polar surface area (TPSA) is 75.1 Å². The van der Waals surface area contributed by atoms with Crippen molar-refractivity contribution >= 4 is 51.7 Å². The molecule has 0 unspecified atom stereocenters. The molecule has 0 aliphatic heterocycles. The van der Waals surface area contributed by atoms with Gasteiger partial charge in [-0.25, -0.2) is 0 Å². The Morgan fingerprint density at radius 2 is 1.66 bits per heavy atom. The van der Waals surface area contributed by atoms with Crippen molar-refractivity contribution in [2.24, 2.45) is 0 Å². The number of hydrogen-bond acceptors (Lipinski definition) is 5. The molecule has 0 saturated heterocycles. The Balaban J connectivity index is 1.46. The minimum absolute atomic E-state index is 0.217. The molecule has 0 aliphatic rings. The quantitative estimate of drug-likeness (QED) is 0.281. The molecule has 4 aromatic rings. The molecule has 0 saturated carbocycles. The lowest BCUT2D eigenvalue weighted by atomic mass is 10.2. The van der Waals surface area contributed by atoms with E-state index >= 15 is 0 Å². The number of carbonyl (C=O) groups is 1. The number of rotatable bonds is 7. The number of hydrogen-bond donors (Lipinski definition) is 2. The van der Waals surface area contributed by atoms with Crippen LogP contribution in [0.5, 0.6) is 0 Å². The third-order valence-corrected chi connectivity index (χ3v) is 5.85. The number of thiocarbonyl (C=S) groups is 1. The van der Waals surface area contributed by atoms with Gasteiger partial charge in [-0.15, -0.1) is 10.2 Å². The van der Waals surface area contributed by atoms with Crippen molar-refractivity contribution < 1.29 is 4.79 Å². The average molecular weight is 485 g/mol. The Bertz CT molecular complexity index is 1360. The first-order valence-electron chi connectivity index (χ1n) is 11.5. The van der Waals surface area contributed by atoms with Gasteiger partial charge in [0.1, 0.15) is 11.0 Å². The normalized spacial score (nSPS) is 11.1. The van der Waals surface area contributed by atoms with E-state index in [-0.39, 0.29) is 11.0 Å². The zero-order chi connectivity index (χ0) is 24.8. The zero-order valence-corrected chi connectivity index (χ0v) is 20.8. The van der Waals surface area contributed by atoms with Gasteiger partial charge in [0.15, 0.2) is 5.11 Å². The summed E-state index contributed by atoms with van der Waals surface area (Å²) in [5.41, 5.74) is 6.21. The number of nitrogens with zero attached hydrogens (tertiary/aromatic N) is 4. The molecule has 3 aromatic carbocycles. The largest absolute Gasteiger partial charge is 0.372 e. The summed E-state index contributed by atoms with van der Waals surface area (Å²) in [6.07, 6.45) is 3.19. The molecule has 0 bridgehead atoms. The van der Waals surface area contributed by atoms with Crippen molar-refractivity contribution in [3.05, 3.63) is 83.9 Å². The average Bonchev–Trinajstić information content (AvgIpc) is 3.27. The molecular weight excluding hydrogens is 456 g/mol. The summed E-state index contributed by atoms with van der Waals surface area (Å²) in [7, 11) is 0. The molecule has 0 fully saturated rings. The molecule has 7 nitrogen and oxygen atoms in total. The maximum atomic E-state index is 12.2. The highest BCUT2D eigenvalue weighted by molar-refractivity contribution is 7.80. The van der Waals surface area contributed by atoms with Crippen molar-refractivity contribution in [2.45, 2.75) is 20.8 Å². The Hall–Kier alpha value is -4.04. The molecule has 0 atom stereocenters. The van der Waals surface area contributed by atoms with E-state index in [1.54, 1.807) is 10.9 Å². The van der Waals surface area contributed by atoms with Gasteiger partial charge in [0, 0.05) is 30.5 Å². The molecule has 0 aliphatic carbocycles. The molecule has 4 rings (SSSR count). The van der Waals surface area contributed by atoms with Gasteiger partial charge in [-0.3, -0.25) is 10.1 Å². The Morgan fingerprint density at radius 3 is 2.31 bits per heavy atom. The van der Waals surface area contributed by atoms with Crippen LogP contribution in [0.2, 0.25) is 0 Å². The van der Waals surface area contributed by atoms with Gasteiger partial charge in [-0.05, 0) is 86.6 Å². The molecule has 1 aromatic heterocycles. The van der Waals surface area contributed by atoms with Crippen LogP contribution in [0.3, 0.4) is 0 Å². The number of anilines is 2. The van der Waals surface area contributed by atoms with Crippen LogP contribution in [0, 0.1) is 6.92 Å². The van der Waals surface area contributed by atoms with Gasteiger partial charge in [0.2, 0.25) is 5.91 Å². The molecular formula is C27H28N6OS. The first-order valence-corrected chi connectivity index (χ1v) is 12.0. The van der Waals surface area contributed by atoms with Gasteiger partial charge in [-0.2, -0.15) is 4.80 Å². The summed E-state index contributed by atoms with van der Waals surface area (Å²) in [5.74, 6) is -0.302. The van der Waals surface area contributed by atoms with Crippen molar-refractivity contribution in [3.63, 3.8) is 0 Å². The fourth-order valence-electron chi connectivity index (χ4n) is 3.75. The number of fused-ring (bicyclic) bond motifs is 1. The second-order valence-corrected chi connectivity index (χ2v) is 8.43. The van der Waals surface area contributed by atoms with Gasteiger partial charge in [0.05, 0.1) is 5.69 Å². The van der Waals surface area contributed by atoms with E-state index in [0.29, 0.717) is 0 Å². The lowest BCUT2D eigenvalue weighted by Crippen LogP contribution is -2.33. The van der Waals surface area contributed by atoms with Crippen LogP contribution in [0.25, 0.3) is 22.8 Å². The SMILES string of the molecule is CCN(CC)c1ccc(-n2nc3cc(C)c(NC(=S)NC(=O)/C=C/c4ccccc4)cc3n2)cc1. The summed E-state index contributed by atoms with van der Waals surface area (Å²) in [6.45, 7) is 8.16. The van der Waals surface area contributed by atoms with E-state index in [2.05, 4.69) is 51.7 Å². The maximum absolute atomic E-state index is 12.2. The molecule has 0 radical (unpaired) electrons. The van der Waals surface area contributed by atoms with Gasteiger partial charge in [-0.1, -0.05) is 30.3 Å². The van der Waals surface area contributed by atoms with E-state index in [0.717, 1.165) is 46.6 Å². The minimum Gasteiger partial charge on any atom is -0.372 e. The molecule has 8 heteroatoms. The Kier molecular flexibility index (Phi) is 7.52. The molecule has 1 amide bonds. The van der Waals surface area contributed by atoms with Gasteiger partial charge >= 0.3 is 0 Å². The summed E-state index contributed by atoms with van der Waals surface area (Å²) in [5, 5.41) is 15.3. The number of carbonyl (C=O) groups excluding carboxylic acids is 1. The van der Waals surface area contributed by atoms with Crippen LogP contribution in [0.15, 0.2) is 72.8 Å². The van der Waals surface area contributed by atoms with E-state index in [1.807, 2.05) is 61.5 Å². The van der Waals surface area contributed by atoms with E-state index in [1.165, 1.54) is 11.8 Å². The Labute approximate surface area is 210 Å². The van der Waals surface area contributed by atoms with Crippen LogP contribution in [0.1, 0.15) is 25.0 Å². The summed E-state index contributed by atoms with van der Waals surface area (Å²) >= 11 is 5.34. The van der Waals surface area contributed by atoms with Crippen LogP contribution >= 0.6 is 12.2 Å². The fourth-order valence-corrected chi connectivity index (χ4v) is 3.96. The van der Waals surface area contributed by atoms with Crippen LogP contribution in [-0.2, 0) is 4.79 Å². The second kappa shape index (κ2) is 10.9. The first-order chi connectivity index (χ1) is 17.0. The lowest BCUT2D eigenvalue weighted by molar-refractivity contribution is -0.115. The molecule has 1 heterocycles. The molecule has 35 heavy (non-hydrogen) atoms. The number of aryl methyl sites for hydroxylation is 1. The van der Waals surface area contributed by atoms with Crippen LogP contribution in [-0.4, -0.2) is 39.1 Å². The summed E-state index contributed by atoms with van der Waals surface area (Å²) in [6, 6.07) is 21.7. The van der Waals surface area contributed by atoms with Crippen molar-refractivity contribution in [3.8, 4) is 5.69 Å². The van der Waals surface area contributed by atoms with Gasteiger partial charge in [0.25, 0.3) is 0 Å². The van der Waals surface area contributed by atoms with Gasteiger partial charge < -0.3 is 10.2 Å². The highest BCUT2D eigenvalue weighted by Gasteiger charge is 2.11. The number of amides is 1. The first kappa shape index (κ1) is 24.1. The summed E-state index contributed by atoms with van der Waals surface area (Å²) in [4.78, 5) is 16.1. The highest BCUT2D eigenvalue weighted by atomic mass is 32.1. The Morgan fingerprint density at radius 1 is 1.00 bits per heavy atom. The van der Waals surface area contributed by atoms with E-state index < -0.39 is 0 Å². The number of benzene rings is 3. The van der Waals surface area contributed by atoms with Crippen LogP contribution < -0.4 is 15.5 Å². The third-order valence-electron chi connectivity index (χ3n) is 5.65. The monoisotopic (exact) mass is 484 g/mol. The highest BCUT2D eigenvalue weighted by Crippen LogP contribution is 2.23. The van der Waals surface area contributed by atoms with E-state index in [9.17, 15) is 4.79 Å². The second-order valence-electron chi connectivity index (χ2n) is 8.02. The molecule has 2 N–H and O–H groups in total. The number of aromatic nitrogens is 3. The third kappa shape index (κ3) is 5.91. The standard InChI is InChI=1S/C27H28N6OS/c1-4-32(5-2)21-12-14-22(15-13-21)33-30-24-17-19(3)23(18-25(24)31-33)28-27(35)29-26(34)16-11-20-9-7-6-8-10-20/h6-18H,4-5H2,1-3H3,(H2,28,29,34,35)/b16-11+. The predicted octanol–water partition coefficient (Wildman–Crippen LogP) is 5.10. The maximum Gasteiger partial charge on any atom is 0.250 e.